The molecule has 1 saturated heterocycles. The van der Waals surface area contributed by atoms with E-state index in [1.165, 1.54) is 6.33 Å². The van der Waals surface area contributed by atoms with Crippen LogP contribution in [0.2, 0.25) is 0 Å². The van der Waals surface area contributed by atoms with Crippen molar-refractivity contribution < 1.29 is 9.59 Å². The number of H-pyrrole nitrogens is 1. The van der Waals surface area contributed by atoms with E-state index in [0.29, 0.717) is 25.1 Å². The molecule has 1 aromatic carbocycles. The topological polar surface area (TPSA) is 95.1 Å². The van der Waals surface area contributed by atoms with Crippen LogP contribution in [0.3, 0.4) is 0 Å². The first-order chi connectivity index (χ1) is 15.4. The third-order valence-corrected chi connectivity index (χ3v) is 6.20. The standard InChI is InChI=1S/C24H28N6O2/c1-17-21(14-27-28-17)22(31)30-10-6-9-24(15-30,23(32)29(2)3)11-18-7-4-5-8-20(18)19-12-25-16-26-13-19/h4-5,7-8,12-14,16H,6,9-11,15H2,1-3H3,(H,27,28). The van der Waals surface area contributed by atoms with Crippen LogP contribution >= 0.6 is 0 Å². The number of carbonyl (C=O) groups is 2. The average molecular weight is 433 g/mol. The van der Waals surface area contributed by atoms with Crippen molar-refractivity contribution >= 4 is 11.8 Å². The van der Waals surface area contributed by atoms with Crippen molar-refractivity contribution in [3.05, 3.63) is 66.0 Å². The lowest BCUT2D eigenvalue weighted by Gasteiger charge is -2.43. The third-order valence-electron chi connectivity index (χ3n) is 6.20. The van der Waals surface area contributed by atoms with Crippen LogP contribution in [0.4, 0.5) is 0 Å². The maximum atomic E-state index is 13.5. The van der Waals surface area contributed by atoms with E-state index in [1.807, 2.05) is 31.2 Å². The van der Waals surface area contributed by atoms with Crippen LogP contribution in [0.25, 0.3) is 11.1 Å². The molecule has 0 aliphatic carbocycles. The zero-order valence-corrected chi connectivity index (χ0v) is 18.7. The number of likely N-dealkylation sites (tertiary alicyclic amines) is 1. The van der Waals surface area contributed by atoms with Crippen LogP contribution < -0.4 is 0 Å². The number of hydrogen-bond acceptors (Lipinski definition) is 5. The highest BCUT2D eigenvalue weighted by Gasteiger charge is 2.45. The second-order valence-corrected chi connectivity index (χ2v) is 8.68. The summed E-state index contributed by atoms with van der Waals surface area (Å²) >= 11 is 0. The minimum absolute atomic E-state index is 0.0398. The number of aryl methyl sites for hydroxylation is 1. The summed E-state index contributed by atoms with van der Waals surface area (Å²) in [6.07, 6.45) is 8.65. The predicted octanol–water partition coefficient (Wildman–Crippen LogP) is 2.73. The molecule has 166 valence electrons. The Kier molecular flexibility index (Phi) is 6.03. The molecule has 2 aromatic heterocycles. The molecule has 2 amide bonds. The Bertz CT molecular complexity index is 1110. The van der Waals surface area contributed by atoms with E-state index in [0.717, 1.165) is 35.2 Å². The maximum Gasteiger partial charge on any atom is 0.257 e. The number of rotatable bonds is 5. The number of aromatic nitrogens is 4. The van der Waals surface area contributed by atoms with Crippen molar-refractivity contribution in [2.75, 3.05) is 27.2 Å². The number of nitrogens with zero attached hydrogens (tertiary/aromatic N) is 5. The Morgan fingerprint density at radius 1 is 1.16 bits per heavy atom. The molecule has 0 bridgehead atoms. The van der Waals surface area contributed by atoms with E-state index in [-0.39, 0.29) is 11.8 Å². The predicted molar refractivity (Wildman–Crippen MR) is 121 cm³/mol. The molecular weight excluding hydrogens is 404 g/mol. The van der Waals surface area contributed by atoms with Gasteiger partial charge in [-0.2, -0.15) is 5.10 Å². The van der Waals surface area contributed by atoms with Gasteiger partial charge in [0.25, 0.3) is 5.91 Å². The Morgan fingerprint density at radius 2 is 1.91 bits per heavy atom. The molecule has 1 aliphatic rings. The van der Waals surface area contributed by atoms with Gasteiger partial charge < -0.3 is 9.80 Å². The molecule has 1 N–H and O–H groups in total. The summed E-state index contributed by atoms with van der Waals surface area (Å²) in [6.45, 7) is 2.83. The molecule has 0 saturated carbocycles. The fourth-order valence-corrected chi connectivity index (χ4v) is 4.67. The normalized spacial score (nSPS) is 18.4. The van der Waals surface area contributed by atoms with Gasteiger partial charge in [0.15, 0.2) is 0 Å². The van der Waals surface area contributed by atoms with Gasteiger partial charge in [0, 0.05) is 50.8 Å². The molecule has 3 aromatic rings. The molecule has 8 nitrogen and oxygen atoms in total. The Hall–Kier alpha value is -3.55. The maximum absolute atomic E-state index is 13.5. The quantitative estimate of drug-likeness (QED) is 0.669. The number of piperidine rings is 1. The van der Waals surface area contributed by atoms with Crippen LogP contribution in [0.1, 0.15) is 34.5 Å². The highest BCUT2D eigenvalue weighted by Crippen LogP contribution is 2.38. The van der Waals surface area contributed by atoms with Gasteiger partial charge in [-0.05, 0) is 37.3 Å². The van der Waals surface area contributed by atoms with Gasteiger partial charge >= 0.3 is 0 Å². The van der Waals surface area contributed by atoms with Crippen molar-refractivity contribution in [3.8, 4) is 11.1 Å². The van der Waals surface area contributed by atoms with Gasteiger partial charge in [-0.15, -0.1) is 0 Å². The summed E-state index contributed by atoms with van der Waals surface area (Å²) in [6, 6.07) is 8.04. The molecule has 32 heavy (non-hydrogen) atoms. The number of nitrogens with one attached hydrogen (secondary N) is 1. The third kappa shape index (κ3) is 4.12. The lowest BCUT2D eigenvalue weighted by atomic mass is 9.73. The molecule has 0 radical (unpaired) electrons. The summed E-state index contributed by atoms with van der Waals surface area (Å²) < 4.78 is 0. The lowest BCUT2D eigenvalue weighted by Crippen LogP contribution is -2.54. The van der Waals surface area contributed by atoms with E-state index in [4.69, 9.17) is 0 Å². The molecule has 1 atom stereocenters. The van der Waals surface area contributed by atoms with Gasteiger partial charge in [-0.25, -0.2) is 9.97 Å². The number of aromatic amines is 1. The van der Waals surface area contributed by atoms with Crippen molar-refractivity contribution in [2.24, 2.45) is 5.41 Å². The van der Waals surface area contributed by atoms with Gasteiger partial charge in [-0.3, -0.25) is 14.7 Å². The van der Waals surface area contributed by atoms with E-state index in [2.05, 4.69) is 20.2 Å². The first kappa shape index (κ1) is 21.7. The zero-order chi connectivity index (χ0) is 22.7. The fraction of sp³-hybridized carbons (Fsp3) is 0.375. The van der Waals surface area contributed by atoms with Crippen molar-refractivity contribution in [1.29, 1.82) is 0 Å². The minimum atomic E-state index is -0.708. The molecule has 3 heterocycles. The Balaban J connectivity index is 1.70. The van der Waals surface area contributed by atoms with Crippen LogP contribution in [-0.2, 0) is 11.2 Å². The first-order valence-electron chi connectivity index (χ1n) is 10.8. The van der Waals surface area contributed by atoms with E-state index < -0.39 is 5.41 Å². The minimum Gasteiger partial charge on any atom is -0.348 e. The van der Waals surface area contributed by atoms with Crippen LogP contribution in [0.15, 0.2) is 49.2 Å². The van der Waals surface area contributed by atoms with Gasteiger partial charge in [0.2, 0.25) is 5.91 Å². The summed E-state index contributed by atoms with van der Waals surface area (Å²) in [5, 5.41) is 6.82. The highest BCUT2D eigenvalue weighted by molar-refractivity contribution is 5.95. The molecule has 1 unspecified atom stereocenters. The summed E-state index contributed by atoms with van der Waals surface area (Å²) in [5.41, 5.74) is 3.55. The number of carbonyl (C=O) groups excluding carboxylic acids is 2. The molecule has 0 spiro atoms. The van der Waals surface area contributed by atoms with E-state index >= 15 is 0 Å². The van der Waals surface area contributed by atoms with E-state index in [1.54, 1.807) is 42.5 Å². The van der Waals surface area contributed by atoms with Crippen LogP contribution in [-0.4, -0.2) is 69.0 Å². The van der Waals surface area contributed by atoms with Gasteiger partial charge in [0.1, 0.15) is 6.33 Å². The zero-order valence-electron chi connectivity index (χ0n) is 18.7. The van der Waals surface area contributed by atoms with Crippen molar-refractivity contribution in [2.45, 2.75) is 26.2 Å². The van der Waals surface area contributed by atoms with Gasteiger partial charge in [-0.1, -0.05) is 24.3 Å². The molecule has 8 heteroatoms. The number of hydrogen-bond donors (Lipinski definition) is 1. The number of benzene rings is 1. The average Bonchev–Trinajstić information content (AvgIpc) is 3.25. The molecule has 1 fully saturated rings. The second kappa shape index (κ2) is 8.90. The van der Waals surface area contributed by atoms with E-state index in [9.17, 15) is 9.59 Å². The second-order valence-electron chi connectivity index (χ2n) is 8.68. The molecule has 1 aliphatic heterocycles. The monoisotopic (exact) mass is 432 g/mol. The van der Waals surface area contributed by atoms with Crippen molar-refractivity contribution in [1.82, 2.24) is 30.0 Å². The van der Waals surface area contributed by atoms with Crippen LogP contribution in [0.5, 0.6) is 0 Å². The first-order valence-corrected chi connectivity index (χ1v) is 10.8. The van der Waals surface area contributed by atoms with Crippen LogP contribution in [0, 0.1) is 12.3 Å². The Morgan fingerprint density at radius 3 is 2.59 bits per heavy atom. The summed E-state index contributed by atoms with van der Waals surface area (Å²) in [5.74, 6) is -0.0466. The summed E-state index contributed by atoms with van der Waals surface area (Å²) in [4.78, 5) is 38.5. The fourth-order valence-electron chi connectivity index (χ4n) is 4.67. The molecule has 4 rings (SSSR count). The highest BCUT2D eigenvalue weighted by atomic mass is 16.2. The van der Waals surface area contributed by atoms with Crippen molar-refractivity contribution in [3.63, 3.8) is 0 Å². The Labute approximate surface area is 187 Å². The van der Waals surface area contributed by atoms with Gasteiger partial charge in [0.05, 0.1) is 17.2 Å². The number of amides is 2. The molecular formula is C24H28N6O2. The summed E-state index contributed by atoms with van der Waals surface area (Å²) in [7, 11) is 3.56. The largest absolute Gasteiger partial charge is 0.348 e. The lowest BCUT2D eigenvalue weighted by molar-refractivity contribution is -0.142. The SMILES string of the molecule is Cc1[nH]ncc1C(=O)N1CCCC(Cc2ccccc2-c2cncnc2)(C(=O)N(C)C)C1. The smallest absolute Gasteiger partial charge is 0.257 e.